The monoisotopic (exact) mass is 446 g/mol. The van der Waals surface area contributed by atoms with Crippen LogP contribution < -0.4 is 4.74 Å². The second kappa shape index (κ2) is 12.4. The summed E-state index contributed by atoms with van der Waals surface area (Å²) in [4.78, 5) is 2.28. The maximum absolute atomic E-state index is 8.35. The van der Waals surface area contributed by atoms with Crippen LogP contribution in [0.2, 0.25) is 0 Å². The predicted octanol–water partition coefficient (Wildman–Crippen LogP) is 6.98. The van der Waals surface area contributed by atoms with Gasteiger partial charge in [-0.05, 0) is 41.9 Å². The van der Waals surface area contributed by atoms with Crippen LogP contribution in [0.3, 0.4) is 0 Å². The number of halogens is 2. The van der Waals surface area contributed by atoms with Crippen LogP contribution in [-0.4, -0.2) is 31.1 Å². The molecular formula is C26H29Cl2NO. The number of nitrogens with zero attached hydrogens (tertiary/aromatic N) is 1. The largest absolute Gasteiger partial charge is 0.492 e. The van der Waals surface area contributed by atoms with Gasteiger partial charge in [-0.2, -0.15) is 0 Å². The summed E-state index contributed by atoms with van der Waals surface area (Å²) in [5.74, 6) is 0.724. The van der Waals surface area contributed by atoms with Crippen molar-refractivity contribution in [1.29, 1.82) is 0 Å². The summed E-state index contributed by atoms with van der Waals surface area (Å²) in [6, 6.07) is 14.9. The highest BCUT2D eigenvalue weighted by Gasteiger charge is 2.12. The molecule has 0 bridgehead atoms. The van der Waals surface area contributed by atoms with E-state index in [4.69, 9.17) is 23.2 Å². The number of hydrogen-bond donors (Lipinski definition) is 0. The molecule has 30 heavy (non-hydrogen) atoms. The number of likely N-dealkylation sites (N-methyl/N-ethyl adjacent to an activating group) is 1. The molecule has 0 N–H and O–H groups in total. The van der Waals surface area contributed by atoms with Gasteiger partial charge < -0.3 is 9.64 Å². The molecule has 0 radical (unpaired) electrons. The third-order valence-corrected chi connectivity index (χ3v) is 5.09. The Morgan fingerprint density at radius 1 is 0.867 bits per heavy atom. The van der Waals surface area contributed by atoms with Crippen molar-refractivity contribution in [2.75, 3.05) is 26.2 Å². The lowest BCUT2D eigenvalue weighted by Gasteiger charge is -2.18. The molecule has 0 aliphatic carbocycles. The number of rotatable bonds is 9. The number of ether oxygens (including phenoxy) is 1. The summed E-state index contributed by atoms with van der Waals surface area (Å²) in [7, 11) is 0. The third kappa shape index (κ3) is 6.37. The van der Waals surface area contributed by atoms with Crippen LogP contribution in [0.15, 0.2) is 84.8 Å². The van der Waals surface area contributed by atoms with Gasteiger partial charge in [0.25, 0.3) is 0 Å². The Bertz CT molecular complexity index is 1140. The van der Waals surface area contributed by atoms with Gasteiger partial charge in [0.05, 0.1) is 11.9 Å². The zero-order valence-corrected chi connectivity index (χ0v) is 18.7. The van der Waals surface area contributed by atoms with Gasteiger partial charge in [-0.25, -0.2) is 0 Å². The molecule has 0 saturated heterocycles. The molecule has 3 aromatic rings. The average molecular weight is 447 g/mol. The van der Waals surface area contributed by atoms with Crippen molar-refractivity contribution in [2.24, 2.45) is 0 Å². The van der Waals surface area contributed by atoms with Gasteiger partial charge in [0.15, 0.2) is 0 Å². The number of hydrogen-bond acceptors (Lipinski definition) is 2. The molecule has 158 valence electrons. The van der Waals surface area contributed by atoms with Crippen LogP contribution in [0.25, 0.3) is 10.6 Å². The van der Waals surface area contributed by atoms with E-state index in [1.54, 1.807) is 0 Å². The van der Waals surface area contributed by atoms with Crippen molar-refractivity contribution < 1.29 is 11.6 Å². The molecule has 0 spiro atoms. The first-order valence-corrected chi connectivity index (χ1v) is 10.2. The van der Waals surface area contributed by atoms with Gasteiger partial charge in [0.2, 0.25) is 0 Å². The van der Waals surface area contributed by atoms with Gasteiger partial charge in [-0.3, -0.25) is 0 Å². The second-order valence-corrected chi connectivity index (χ2v) is 6.83. The zero-order chi connectivity index (χ0) is 24.8. The highest BCUT2D eigenvalue weighted by Crippen LogP contribution is 2.35. The van der Waals surface area contributed by atoms with Crippen LogP contribution in [0.1, 0.15) is 37.4 Å². The molecule has 0 atom stereocenters. The van der Waals surface area contributed by atoms with Crippen LogP contribution >= 0.6 is 24.0 Å². The number of benzene rings is 3. The summed E-state index contributed by atoms with van der Waals surface area (Å²) in [5, 5.41) is 0.0957. The summed E-state index contributed by atoms with van der Waals surface area (Å²) in [6.07, 6.45) is 0. The Kier molecular flexibility index (Phi) is 7.22. The predicted molar refractivity (Wildman–Crippen MR) is 132 cm³/mol. The summed E-state index contributed by atoms with van der Waals surface area (Å²) >= 11 is 6.81. The van der Waals surface area contributed by atoms with Crippen molar-refractivity contribution in [1.82, 2.24) is 4.90 Å². The van der Waals surface area contributed by atoms with E-state index in [1.165, 1.54) is 0 Å². The first-order valence-electron chi connectivity index (χ1n) is 12.3. The maximum Gasteiger partial charge on any atom is 0.119 e. The molecular weight excluding hydrogens is 413 g/mol. The average Bonchev–Trinajstić information content (AvgIpc) is 2.86. The fourth-order valence-corrected chi connectivity index (χ4v) is 3.37. The maximum atomic E-state index is 8.35. The standard InChI is InChI=1S/C26H28ClNO.ClH/c1-3-28(4-2)19-20-29-24-17-15-22(16-18-24)25(21-11-7-5-8-12-21)26(27)23-13-9-6-10-14-23;/h5-18H,3-4,19-20H2,1-2H3;1H/b26-25-;/i6D,9D,10D,13D,14D;. The van der Waals surface area contributed by atoms with E-state index in [9.17, 15) is 0 Å². The minimum absolute atomic E-state index is 0. The Morgan fingerprint density at radius 3 is 2.07 bits per heavy atom. The minimum atomic E-state index is -0.448. The molecule has 3 aromatic carbocycles. The highest BCUT2D eigenvalue weighted by atomic mass is 35.5. The summed E-state index contributed by atoms with van der Waals surface area (Å²) < 4.78 is 46.5. The lowest BCUT2D eigenvalue weighted by molar-refractivity contribution is 0.223. The normalized spacial score (nSPS) is 13.9. The second-order valence-electron chi connectivity index (χ2n) is 6.45. The Labute approximate surface area is 198 Å². The Hall–Kier alpha value is -2.26. The van der Waals surface area contributed by atoms with E-state index in [0.717, 1.165) is 36.5 Å². The van der Waals surface area contributed by atoms with Gasteiger partial charge in [-0.1, -0.05) is 98.1 Å². The lowest BCUT2D eigenvalue weighted by Crippen LogP contribution is -2.27. The van der Waals surface area contributed by atoms with Gasteiger partial charge >= 0.3 is 0 Å². The van der Waals surface area contributed by atoms with Crippen molar-refractivity contribution in [3.8, 4) is 5.75 Å². The quantitative estimate of drug-likeness (QED) is 0.328. The molecule has 0 aliphatic heterocycles. The van der Waals surface area contributed by atoms with E-state index in [2.05, 4.69) is 18.7 Å². The minimum Gasteiger partial charge on any atom is -0.492 e. The van der Waals surface area contributed by atoms with Gasteiger partial charge in [0, 0.05) is 12.1 Å². The fraction of sp³-hybridized carbons (Fsp3) is 0.231. The molecule has 3 rings (SSSR count). The van der Waals surface area contributed by atoms with Crippen molar-refractivity contribution >= 4 is 34.6 Å². The molecule has 0 heterocycles. The van der Waals surface area contributed by atoms with E-state index in [0.29, 0.717) is 12.2 Å². The first-order chi connectivity index (χ1) is 16.3. The smallest absolute Gasteiger partial charge is 0.119 e. The van der Waals surface area contributed by atoms with Crippen LogP contribution in [-0.2, 0) is 0 Å². The van der Waals surface area contributed by atoms with E-state index >= 15 is 0 Å². The Morgan fingerprint density at radius 2 is 1.47 bits per heavy atom. The van der Waals surface area contributed by atoms with Crippen LogP contribution in [0, 0.1) is 0 Å². The van der Waals surface area contributed by atoms with Crippen molar-refractivity contribution in [3.05, 3.63) is 101 Å². The highest BCUT2D eigenvalue weighted by molar-refractivity contribution is 6.53. The fourth-order valence-electron chi connectivity index (χ4n) is 3.06. The lowest BCUT2D eigenvalue weighted by atomic mass is 9.95. The first kappa shape index (κ1) is 17.4. The molecule has 4 heteroatoms. The molecule has 0 aromatic heterocycles. The van der Waals surface area contributed by atoms with E-state index in [1.807, 2.05) is 54.6 Å². The molecule has 0 fully saturated rings. The molecule has 0 unspecified atom stereocenters. The van der Waals surface area contributed by atoms with E-state index < -0.39 is 18.1 Å². The van der Waals surface area contributed by atoms with Crippen molar-refractivity contribution in [3.63, 3.8) is 0 Å². The topological polar surface area (TPSA) is 12.5 Å². The summed E-state index contributed by atoms with van der Waals surface area (Å²) in [6.45, 7) is 7.60. The van der Waals surface area contributed by atoms with Crippen molar-refractivity contribution in [2.45, 2.75) is 13.8 Å². The molecule has 0 saturated carbocycles. The van der Waals surface area contributed by atoms with Crippen LogP contribution in [0.5, 0.6) is 5.75 Å². The zero-order valence-electron chi connectivity index (χ0n) is 22.2. The SMILES string of the molecule is Cl.[2H]c1c([2H])c([2H])c(/C(Cl)=C(\c2ccccc2)c2ccc(OCCN(CC)CC)cc2)c([2H])c1[2H]. The van der Waals surface area contributed by atoms with E-state index in [-0.39, 0.29) is 35.1 Å². The van der Waals surface area contributed by atoms with Gasteiger partial charge in [0.1, 0.15) is 12.4 Å². The molecule has 2 nitrogen and oxygen atoms in total. The molecule has 0 amide bonds. The molecule has 0 aliphatic rings. The Balaban J connectivity index is 0.00000432. The van der Waals surface area contributed by atoms with Gasteiger partial charge in [-0.15, -0.1) is 12.4 Å². The van der Waals surface area contributed by atoms with Crippen LogP contribution in [0.4, 0.5) is 0 Å². The third-order valence-electron chi connectivity index (χ3n) is 4.72. The summed E-state index contributed by atoms with van der Waals surface area (Å²) in [5.41, 5.74) is 2.08.